The lowest BCUT2D eigenvalue weighted by Crippen LogP contribution is -2.42. The van der Waals surface area contributed by atoms with E-state index in [-0.39, 0.29) is 11.8 Å². The number of rotatable bonds is 13. The van der Waals surface area contributed by atoms with E-state index in [2.05, 4.69) is 38.2 Å². The highest BCUT2D eigenvalue weighted by Gasteiger charge is 2.24. The summed E-state index contributed by atoms with van der Waals surface area (Å²) in [7, 11) is 0. The van der Waals surface area contributed by atoms with E-state index in [4.69, 9.17) is 5.11 Å². The van der Waals surface area contributed by atoms with Crippen molar-refractivity contribution < 1.29 is 27.9 Å². The molecule has 2 N–H and O–H groups in total. The molecule has 0 aliphatic heterocycles. The van der Waals surface area contributed by atoms with E-state index in [1.54, 1.807) is 0 Å². The molecule has 8 heteroatoms. The van der Waals surface area contributed by atoms with Crippen molar-refractivity contribution in [1.82, 2.24) is 5.32 Å². The van der Waals surface area contributed by atoms with Gasteiger partial charge in [-0.15, -0.1) is 0 Å². The Morgan fingerprint density at radius 2 is 1.57 bits per heavy atom. The number of alkyl halides is 3. The van der Waals surface area contributed by atoms with Crippen LogP contribution in [-0.4, -0.2) is 40.7 Å². The van der Waals surface area contributed by atoms with Crippen LogP contribution in [0.1, 0.15) is 53.4 Å². The lowest BCUT2D eigenvalue weighted by atomic mass is 10.1. The summed E-state index contributed by atoms with van der Waals surface area (Å²) < 4.78 is 36.2. The number of aliphatic carboxylic acids is 1. The smallest absolute Gasteiger partial charge is 0.409 e. The van der Waals surface area contributed by atoms with Crippen LogP contribution in [0.2, 0.25) is 0 Å². The Morgan fingerprint density at radius 3 is 2.10 bits per heavy atom. The summed E-state index contributed by atoms with van der Waals surface area (Å²) in [6.45, 7) is 8.30. The molecule has 0 rings (SSSR count). The van der Waals surface area contributed by atoms with Crippen molar-refractivity contribution in [3.05, 3.63) is 47.1 Å². The molecule has 0 radical (unpaired) electrons. The van der Waals surface area contributed by atoms with Crippen LogP contribution < -0.4 is 5.32 Å². The molecule has 170 valence electrons. The number of thioether (sulfide) groups is 1. The second-order valence-corrected chi connectivity index (χ2v) is 8.35. The third-order valence-electron chi connectivity index (χ3n) is 4.00. The molecule has 0 aromatic carbocycles. The van der Waals surface area contributed by atoms with Crippen LogP contribution in [0.25, 0.3) is 0 Å². The average Bonchev–Trinajstić information content (AvgIpc) is 2.61. The van der Waals surface area contributed by atoms with Crippen molar-refractivity contribution >= 4 is 23.6 Å². The summed E-state index contributed by atoms with van der Waals surface area (Å²) in [5.41, 5.74) is 3.86. The van der Waals surface area contributed by atoms with Crippen LogP contribution in [0.5, 0.6) is 0 Å². The second kappa shape index (κ2) is 14.9. The van der Waals surface area contributed by atoms with E-state index < -0.39 is 24.1 Å². The zero-order valence-corrected chi connectivity index (χ0v) is 18.8. The minimum Gasteiger partial charge on any atom is -0.480 e. The summed E-state index contributed by atoms with van der Waals surface area (Å²) >= 11 is 1.30. The molecule has 0 saturated carbocycles. The Labute approximate surface area is 181 Å². The van der Waals surface area contributed by atoms with E-state index in [1.165, 1.54) is 28.5 Å². The average molecular weight is 448 g/mol. The molecular formula is C22H32F3NO3S. The molecule has 0 aliphatic carbocycles. The summed E-state index contributed by atoms with van der Waals surface area (Å²) in [4.78, 5) is 22.6. The molecule has 0 aromatic heterocycles. The molecule has 30 heavy (non-hydrogen) atoms. The minimum atomic E-state index is -4.62. The molecule has 0 bridgehead atoms. The molecule has 1 atom stereocenters. The van der Waals surface area contributed by atoms with Gasteiger partial charge in [0.1, 0.15) is 6.04 Å². The van der Waals surface area contributed by atoms with Crippen molar-refractivity contribution in [2.45, 2.75) is 65.6 Å². The number of carbonyl (C=O) groups is 2. The minimum absolute atomic E-state index is 0.0636. The molecule has 4 nitrogen and oxygen atoms in total. The highest BCUT2D eigenvalue weighted by molar-refractivity contribution is 7.99. The predicted molar refractivity (Wildman–Crippen MR) is 117 cm³/mol. The third kappa shape index (κ3) is 16.9. The van der Waals surface area contributed by atoms with Gasteiger partial charge in [-0.25, -0.2) is 4.79 Å². The maximum absolute atomic E-state index is 12.1. The highest BCUT2D eigenvalue weighted by Crippen LogP contribution is 2.16. The van der Waals surface area contributed by atoms with Crippen LogP contribution in [0.15, 0.2) is 47.1 Å². The first-order valence-electron chi connectivity index (χ1n) is 9.72. The fraction of sp³-hybridized carbons (Fsp3) is 0.545. The van der Waals surface area contributed by atoms with E-state index in [0.29, 0.717) is 11.8 Å². The van der Waals surface area contributed by atoms with E-state index in [0.717, 1.165) is 25.7 Å². The fourth-order valence-electron chi connectivity index (χ4n) is 2.29. The zero-order chi connectivity index (χ0) is 23.2. The fourth-order valence-corrected chi connectivity index (χ4v) is 3.29. The number of halogens is 3. The van der Waals surface area contributed by atoms with Crippen molar-refractivity contribution in [1.29, 1.82) is 0 Å². The lowest BCUT2D eigenvalue weighted by molar-refractivity contribution is -0.140. The third-order valence-corrected chi connectivity index (χ3v) is 4.97. The van der Waals surface area contributed by atoms with Gasteiger partial charge in [-0.2, -0.15) is 24.9 Å². The monoisotopic (exact) mass is 447 g/mol. The number of carboxylic acid groups (broad SMARTS) is 1. The number of hydrogen-bond donors (Lipinski definition) is 2. The van der Waals surface area contributed by atoms with E-state index >= 15 is 0 Å². The van der Waals surface area contributed by atoms with Gasteiger partial charge in [0.05, 0.1) is 0 Å². The van der Waals surface area contributed by atoms with Gasteiger partial charge in [0.15, 0.2) is 0 Å². The van der Waals surface area contributed by atoms with E-state index in [9.17, 15) is 22.8 Å². The van der Waals surface area contributed by atoms with Gasteiger partial charge in [0, 0.05) is 23.7 Å². The Kier molecular flexibility index (Phi) is 14.0. The van der Waals surface area contributed by atoms with Gasteiger partial charge >= 0.3 is 12.1 Å². The first-order valence-corrected chi connectivity index (χ1v) is 10.9. The zero-order valence-electron chi connectivity index (χ0n) is 18.0. The Bertz CT molecular complexity index is 676. The van der Waals surface area contributed by atoms with Crippen molar-refractivity contribution in [3.63, 3.8) is 0 Å². The van der Waals surface area contributed by atoms with Gasteiger partial charge < -0.3 is 10.4 Å². The summed E-state index contributed by atoms with van der Waals surface area (Å²) in [6.07, 6.45) is 5.83. The largest absolute Gasteiger partial charge is 0.480 e. The van der Waals surface area contributed by atoms with Crippen molar-refractivity contribution in [2.24, 2.45) is 0 Å². The molecule has 0 aromatic rings. The van der Waals surface area contributed by atoms with Crippen molar-refractivity contribution in [2.75, 3.05) is 11.5 Å². The van der Waals surface area contributed by atoms with Crippen LogP contribution in [0.3, 0.4) is 0 Å². The summed E-state index contributed by atoms with van der Waals surface area (Å²) in [5, 5.41) is 11.2. The normalized spacial score (nSPS) is 14.0. The molecule has 0 fully saturated rings. The highest BCUT2D eigenvalue weighted by atomic mass is 32.2. The number of nitrogens with one attached hydrogen (secondary N) is 1. The quantitative estimate of drug-likeness (QED) is 0.212. The molecule has 1 amide bonds. The number of amides is 1. The van der Waals surface area contributed by atoms with Gasteiger partial charge in [-0.3, -0.25) is 4.79 Å². The second-order valence-electron chi connectivity index (χ2n) is 7.27. The lowest BCUT2D eigenvalue weighted by Gasteiger charge is -2.12. The molecule has 0 saturated heterocycles. The van der Waals surface area contributed by atoms with E-state index in [1.807, 2.05) is 13.0 Å². The predicted octanol–water partition coefficient (Wildman–Crippen LogP) is 5.83. The van der Waals surface area contributed by atoms with Gasteiger partial charge in [-0.05, 0) is 53.4 Å². The summed E-state index contributed by atoms with van der Waals surface area (Å²) in [5.74, 6) is -1.74. The Morgan fingerprint density at radius 1 is 1.00 bits per heavy atom. The number of allylic oxidation sites excluding steroid dienone is 6. The molecule has 0 aliphatic rings. The number of carbonyl (C=O) groups excluding carboxylic acids is 1. The standard InChI is InChI=1S/C22H32F3NO3S/c1-16(2)7-5-8-17(3)9-6-10-18(4)12-14-30-15-19(21(28)29)26-20(27)11-13-22(23,24)25/h7,9,11-13,19H,5-6,8,10,14-15H2,1-4H3,(H,26,27)(H,28,29)/b13-11+,17-9+,18-12+. The van der Waals surface area contributed by atoms with Crippen molar-refractivity contribution in [3.8, 4) is 0 Å². The maximum Gasteiger partial charge on any atom is 0.409 e. The Balaban J connectivity index is 4.32. The van der Waals surface area contributed by atoms with Gasteiger partial charge in [-0.1, -0.05) is 34.9 Å². The van der Waals surface area contributed by atoms with Gasteiger partial charge in [0.2, 0.25) is 5.91 Å². The van der Waals surface area contributed by atoms with Crippen LogP contribution in [-0.2, 0) is 9.59 Å². The maximum atomic E-state index is 12.1. The molecular weight excluding hydrogens is 415 g/mol. The van der Waals surface area contributed by atoms with Gasteiger partial charge in [0.25, 0.3) is 0 Å². The topological polar surface area (TPSA) is 66.4 Å². The molecule has 0 heterocycles. The first kappa shape index (κ1) is 28.0. The van der Waals surface area contributed by atoms with Crippen LogP contribution in [0, 0.1) is 0 Å². The summed E-state index contributed by atoms with van der Waals surface area (Å²) in [6, 6.07) is -1.25. The Hall–Kier alpha value is -1.96. The number of carboxylic acids is 1. The molecule has 0 spiro atoms. The van der Waals surface area contributed by atoms with Crippen LogP contribution in [0.4, 0.5) is 13.2 Å². The number of hydrogen-bond acceptors (Lipinski definition) is 3. The first-order chi connectivity index (χ1) is 13.9. The van der Waals surface area contributed by atoms with Crippen LogP contribution >= 0.6 is 11.8 Å². The SMILES string of the molecule is CC(C)=CCC/C(C)=C/CC/C(C)=C/CSCC(NC(=O)/C=C/C(F)(F)F)C(=O)O. The molecule has 1 unspecified atom stereocenters.